The minimum Gasteiger partial charge on any atom is -0.462 e. The zero-order chi connectivity index (χ0) is 24.4. The third-order valence-corrected chi connectivity index (χ3v) is 6.51. The summed E-state index contributed by atoms with van der Waals surface area (Å²) in [5.41, 5.74) is 3.65. The Kier molecular flexibility index (Phi) is 11.5. The lowest BCUT2D eigenvalue weighted by molar-refractivity contribution is -0.142. The molecule has 0 amide bonds. The van der Waals surface area contributed by atoms with Crippen LogP contribution in [-0.4, -0.2) is 25.2 Å². The first-order valence-corrected chi connectivity index (χ1v) is 12.4. The molecule has 1 aliphatic rings. The molecular formula is C28H46O4. The van der Waals surface area contributed by atoms with Gasteiger partial charge in [0.2, 0.25) is 0 Å². The molecule has 0 aromatic heterocycles. The van der Waals surface area contributed by atoms with Crippen LogP contribution in [0.25, 0.3) is 0 Å². The molecule has 32 heavy (non-hydrogen) atoms. The molecule has 0 aromatic carbocycles. The van der Waals surface area contributed by atoms with Crippen molar-refractivity contribution < 1.29 is 19.1 Å². The average molecular weight is 447 g/mol. The Morgan fingerprint density at radius 1 is 0.938 bits per heavy atom. The summed E-state index contributed by atoms with van der Waals surface area (Å²) < 4.78 is 10.9. The summed E-state index contributed by atoms with van der Waals surface area (Å²) in [5.74, 6) is -0.747. The Balaban J connectivity index is 2.99. The summed E-state index contributed by atoms with van der Waals surface area (Å²) in [6.45, 7) is 18.2. The van der Waals surface area contributed by atoms with Crippen LogP contribution in [0, 0.1) is 10.8 Å². The summed E-state index contributed by atoms with van der Waals surface area (Å²) in [7, 11) is 0. The van der Waals surface area contributed by atoms with E-state index in [1.165, 1.54) is 11.1 Å². The van der Waals surface area contributed by atoms with Crippen LogP contribution in [0.15, 0.2) is 34.4 Å². The lowest BCUT2D eigenvalue weighted by Crippen LogP contribution is -2.24. The van der Waals surface area contributed by atoms with Crippen LogP contribution >= 0.6 is 0 Å². The molecule has 0 spiro atoms. The summed E-state index contributed by atoms with van der Waals surface area (Å²) in [4.78, 5) is 25.6. The number of ether oxygens (including phenoxy) is 2. The molecule has 4 heteroatoms. The number of hydrogen-bond acceptors (Lipinski definition) is 4. The smallest absolute Gasteiger partial charge is 0.334 e. The van der Waals surface area contributed by atoms with E-state index in [0.29, 0.717) is 37.2 Å². The fourth-order valence-electron chi connectivity index (χ4n) is 3.54. The molecule has 0 N–H and O–H groups in total. The predicted octanol–water partition coefficient (Wildman–Crippen LogP) is 7.49. The van der Waals surface area contributed by atoms with Crippen molar-refractivity contribution in [3.05, 3.63) is 34.4 Å². The molecule has 0 aromatic rings. The lowest BCUT2D eigenvalue weighted by Gasteiger charge is -2.32. The van der Waals surface area contributed by atoms with E-state index in [0.717, 1.165) is 38.5 Å². The zero-order valence-electron chi connectivity index (χ0n) is 21.9. The van der Waals surface area contributed by atoms with E-state index >= 15 is 0 Å². The standard InChI is InChI=1S/C28H46O4/c1-9-11-18-31-25(29)23-16-15-22(20-24(23)26(30)32-19-12-10-2)28(7,8)17-13-14-21(3)27(4,5)6/h14-15H,9-13,16-20H2,1-8H3/b21-14+. The van der Waals surface area contributed by atoms with Crippen LogP contribution < -0.4 is 0 Å². The van der Waals surface area contributed by atoms with Crippen molar-refractivity contribution in [2.24, 2.45) is 10.8 Å². The Hall–Kier alpha value is -1.84. The van der Waals surface area contributed by atoms with Gasteiger partial charge in [-0.3, -0.25) is 0 Å². The summed E-state index contributed by atoms with van der Waals surface area (Å²) in [5, 5.41) is 0. The minimum atomic E-state index is -0.377. The van der Waals surface area contributed by atoms with Gasteiger partial charge in [0.25, 0.3) is 0 Å². The topological polar surface area (TPSA) is 52.6 Å². The van der Waals surface area contributed by atoms with Crippen LogP contribution in [0.2, 0.25) is 0 Å². The van der Waals surface area contributed by atoms with E-state index in [4.69, 9.17) is 9.47 Å². The van der Waals surface area contributed by atoms with Crippen molar-refractivity contribution in [2.75, 3.05) is 13.2 Å². The quantitative estimate of drug-likeness (QED) is 0.177. The Morgan fingerprint density at radius 3 is 1.97 bits per heavy atom. The molecule has 182 valence electrons. The van der Waals surface area contributed by atoms with Crippen molar-refractivity contribution in [3.8, 4) is 0 Å². The molecule has 0 saturated carbocycles. The highest BCUT2D eigenvalue weighted by atomic mass is 16.5. The Labute approximate surface area is 196 Å². The third-order valence-electron chi connectivity index (χ3n) is 6.51. The maximum atomic E-state index is 12.9. The van der Waals surface area contributed by atoms with Crippen LogP contribution in [0.1, 0.15) is 107 Å². The Bertz CT molecular complexity index is 729. The normalized spacial score (nSPS) is 15.5. The molecule has 1 rings (SSSR count). The average Bonchev–Trinajstić information content (AvgIpc) is 2.72. The second-order valence-electron chi connectivity index (χ2n) is 10.6. The fourth-order valence-corrected chi connectivity index (χ4v) is 3.54. The van der Waals surface area contributed by atoms with Crippen LogP contribution in [0.4, 0.5) is 0 Å². The number of esters is 2. The maximum absolute atomic E-state index is 12.9. The van der Waals surface area contributed by atoms with E-state index in [2.05, 4.69) is 67.5 Å². The van der Waals surface area contributed by atoms with Crippen molar-refractivity contribution in [3.63, 3.8) is 0 Å². The van der Waals surface area contributed by atoms with E-state index in [-0.39, 0.29) is 22.8 Å². The molecule has 0 saturated heterocycles. The van der Waals surface area contributed by atoms with Gasteiger partial charge in [-0.1, -0.05) is 84.6 Å². The molecule has 4 nitrogen and oxygen atoms in total. The SMILES string of the molecule is CCCCOC(=O)C1=C(C(=O)OCCCC)CC(C(C)(C)CC/C=C(\C)C(C)(C)C)=CC1. The monoisotopic (exact) mass is 446 g/mol. The first-order chi connectivity index (χ1) is 14.9. The largest absolute Gasteiger partial charge is 0.462 e. The number of carbonyl (C=O) groups excluding carboxylic acids is 2. The van der Waals surface area contributed by atoms with Gasteiger partial charge in [-0.15, -0.1) is 0 Å². The molecule has 0 fully saturated rings. The summed E-state index contributed by atoms with van der Waals surface area (Å²) >= 11 is 0. The van der Waals surface area contributed by atoms with Gasteiger partial charge in [0, 0.05) is 6.42 Å². The molecule has 0 aliphatic heterocycles. The first kappa shape index (κ1) is 28.2. The van der Waals surface area contributed by atoms with Crippen LogP contribution in [0.3, 0.4) is 0 Å². The van der Waals surface area contributed by atoms with Crippen molar-refractivity contribution in [1.82, 2.24) is 0 Å². The van der Waals surface area contributed by atoms with Gasteiger partial charge in [-0.2, -0.15) is 0 Å². The molecule has 0 bridgehead atoms. The third kappa shape index (κ3) is 8.96. The highest BCUT2D eigenvalue weighted by molar-refractivity contribution is 6.01. The first-order valence-electron chi connectivity index (χ1n) is 12.4. The second-order valence-corrected chi connectivity index (χ2v) is 10.6. The number of allylic oxidation sites excluding steroid dienone is 4. The van der Waals surface area contributed by atoms with Crippen molar-refractivity contribution in [2.45, 2.75) is 107 Å². The fraction of sp³-hybridized carbons (Fsp3) is 0.714. The van der Waals surface area contributed by atoms with Gasteiger partial charge in [0.1, 0.15) is 0 Å². The number of rotatable bonds is 12. The van der Waals surface area contributed by atoms with Crippen molar-refractivity contribution >= 4 is 11.9 Å². The van der Waals surface area contributed by atoms with E-state index < -0.39 is 0 Å². The van der Waals surface area contributed by atoms with Crippen molar-refractivity contribution in [1.29, 1.82) is 0 Å². The van der Waals surface area contributed by atoms with Gasteiger partial charge in [0.05, 0.1) is 24.4 Å². The minimum absolute atomic E-state index is 0.0682. The maximum Gasteiger partial charge on any atom is 0.334 e. The molecular weight excluding hydrogens is 400 g/mol. The highest BCUT2D eigenvalue weighted by Gasteiger charge is 2.32. The molecule has 0 heterocycles. The number of unbranched alkanes of at least 4 members (excludes halogenated alkanes) is 2. The van der Waals surface area contributed by atoms with E-state index in [9.17, 15) is 9.59 Å². The highest BCUT2D eigenvalue weighted by Crippen LogP contribution is 2.40. The van der Waals surface area contributed by atoms with Gasteiger partial charge < -0.3 is 9.47 Å². The van der Waals surface area contributed by atoms with Gasteiger partial charge in [-0.25, -0.2) is 9.59 Å². The summed E-state index contributed by atoms with van der Waals surface area (Å²) in [6, 6.07) is 0. The van der Waals surface area contributed by atoms with Gasteiger partial charge in [-0.05, 0) is 49.9 Å². The van der Waals surface area contributed by atoms with E-state index in [1.807, 2.05) is 0 Å². The molecule has 0 unspecified atom stereocenters. The van der Waals surface area contributed by atoms with E-state index in [1.54, 1.807) is 0 Å². The molecule has 0 radical (unpaired) electrons. The number of hydrogen-bond donors (Lipinski definition) is 0. The second kappa shape index (κ2) is 13.0. The lowest BCUT2D eigenvalue weighted by atomic mass is 9.73. The van der Waals surface area contributed by atoms with Gasteiger partial charge in [0.15, 0.2) is 0 Å². The zero-order valence-corrected chi connectivity index (χ0v) is 21.9. The summed E-state index contributed by atoms with van der Waals surface area (Å²) in [6.07, 6.45) is 10.9. The van der Waals surface area contributed by atoms with Crippen LogP contribution in [-0.2, 0) is 19.1 Å². The predicted molar refractivity (Wildman–Crippen MR) is 132 cm³/mol. The molecule has 1 aliphatic carbocycles. The Morgan fingerprint density at radius 2 is 1.47 bits per heavy atom. The number of carbonyl (C=O) groups is 2. The van der Waals surface area contributed by atoms with Gasteiger partial charge >= 0.3 is 11.9 Å². The molecule has 0 atom stereocenters. The van der Waals surface area contributed by atoms with Crippen LogP contribution in [0.5, 0.6) is 0 Å².